The molecule has 0 radical (unpaired) electrons. The van der Waals surface area contributed by atoms with Crippen molar-refractivity contribution in [3.05, 3.63) is 64.7 Å². The van der Waals surface area contributed by atoms with Gasteiger partial charge in [0.2, 0.25) is 0 Å². The maximum atomic E-state index is 5.88. The Hall–Kier alpha value is -1.58. The quantitative estimate of drug-likeness (QED) is 0.799. The molecule has 4 heteroatoms. The van der Waals surface area contributed by atoms with Crippen molar-refractivity contribution in [2.45, 2.75) is 13.0 Å². The molecular formula is C16H15ClN2S. The molecule has 0 unspecified atom stereocenters. The molecule has 1 aliphatic rings. The van der Waals surface area contributed by atoms with Crippen LogP contribution in [0.5, 0.6) is 0 Å². The molecule has 2 aromatic carbocycles. The van der Waals surface area contributed by atoms with Crippen molar-refractivity contribution < 1.29 is 0 Å². The summed E-state index contributed by atoms with van der Waals surface area (Å²) in [5.41, 5.74) is 3.76. The molecular weight excluding hydrogens is 288 g/mol. The molecule has 0 aromatic heterocycles. The SMILES string of the molecule is S=C(Nc1ccc(Cl)cc1)N1CCc2ccccc2C1. The predicted octanol–water partition coefficient (Wildman–Crippen LogP) is 4.10. The van der Waals surface area contributed by atoms with E-state index < -0.39 is 0 Å². The number of fused-ring (bicyclic) bond motifs is 1. The number of benzene rings is 2. The van der Waals surface area contributed by atoms with Gasteiger partial charge in [-0.2, -0.15) is 0 Å². The van der Waals surface area contributed by atoms with E-state index in [1.165, 1.54) is 11.1 Å². The molecule has 2 nitrogen and oxygen atoms in total. The van der Waals surface area contributed by atoms with Crippen molar-refractivity contribution in [2.24, 2.45) is 0 Å². The van der Waals surface area contributed by atoms with Crippen molar-refractivity contribution in [1.82, 2.24) is 4.90 Å². The van der Waals surface area contributed by atoms with Gasteiger partial charge in [0, 0.05) is 23.8 Å². The Labute approximate surface area is 129 Å². The zero-order valence-electron chi connectivity index (χ0n) is 11.0. The third-order valence-corrected chi connectivity index (χ3v) is 4.13. The topological polar surface area (TPSA) is 15.3 Å². The number of halogens is 1. The third kappa shape index (κ3) is 2.94. The Morgan fingerprint density at radius 1 is 1.05 bits per heavy atom. The van der Waals surface area contributed by atoms with Gasteiger partial charge < -0.3 is 10.2 Å². The van der Waals surface area contributed by atoms with E-state index in [2.05, 4.69) is 34.5 Å². The molecule has 0 saturated heterocycles. The highest BCUT2D eigenvalue weighted by molar-refractivity contribution is 7.80. The van der Waals surface area contributed by atoms with Crippen LogP contribution in [0.2, 0.25) is 5.02 Å². The van der Waals surface area contributed by atoms with Crippen LogP contribution in [-0.2, 0) is 13.0 Å². The van der Waals surface area contributed by atoms with Crippen LogP contribution in [0.15, 0.2) is 48.5 Å². The number of rotatable bonds is 1. The highest BCUT2D eigenvalue weighted by Crippen LogP contribution is 2.20. The first-order valence-electron chi connectivity index (χ1n) is 6.60. The van der Waals surface area contributed by atoms with Crippen LogP contribution in [0.4, 0.5) is 5.69 Å². The van der Waals surface area contributed by atoms with Gasteiger partial charge >= 0.3 is 0 Å². The Kier molecular flexibility index (Phi) is 3.90. The summed E-state index contributed by atoms with van der Waals surface area (Å²) in [5.74, 6) is 0. The second kappa shape index (κ2) is 5.81. The fraction of sp³-hybridized carbons (Fsp3) is 0.188. The lowest BCUT2D eigenvalue weighted by molar-refractivity contribution is 0.399. The van der Waals surface area contributed by atoms with Gasteiger partial charge in [0.15, 0.2) is 5.11 Å². The van der Waals surface area contributed by atoms with Crippen molar-refractivity contribution in [2.75, 3.05) is 11.9 Å². The molecule has 0 saturated carbocycles. The number of anilines is 1. The second-order valence-electron chi connectivity index (χ2n) is 4.88. The summed E-state index contributed by atoms with van der Waals surface area (Å²) in [4.78, 5) is 2.20. The molecule has 1 N–H and O–H groups in total. The Bertz CT molecular complexity index is 625. The van der Waals surface area contributed by atoms with Crippen molar-refractivity contribution in [3.8, 4) is 0 Å². The van der Waals surface area contributed by atoms with Crippen LogP contribution >= 0.6 is 23.8 Å². The standard InChI is InChI=1S/C16H15ClN2S/c17-14-5-7-15(8-6-14)18-16(20)19-10-9-12-3-1-2-4-13(12)11-19/h1-8H,9-11H2,(H,18,20). The number of nitrogens with zero attached hydrogens (tertiary/aromatic N) is 1. The summed E-state index contributed by atoms with van der Waals surface area (Å²) in [7, 11) is 0. The summed E-state index contributed by atoms with van der Waals surface area (Å²) in [6.45, 7) is 1.83. The monoisotopic (exact) mass is 302 g/mol. The average molecular weight is 303 g/mol. The summed E-state index contributed by atoms with van der Waals surface area (Å²) in [6, 6.07) is 16.1. The summed E-state index contributed by atoms with van der Waals surface area (Å²) in [5, 5.41) is 4.76. The fourth-order valence-electron chi connectivity index (χ4n) is 2.40. The molecule has 0 spiro atoms. The highest BCUT2D eigenvalue weighted by atomic mass is 35.5. The van der Waals surface area contributed by atoms with E-state index in [1.807, 2.05) is 24.3 Å². The van der Waals surface area contributed by atoms with Gasteiger partial charge in [0.1, 0.15) is 0 Å². The third-order valence-electron chi connectivity index (χ3n) is 3.51. The second-order valence-corrected chi connectivity index (χ2v) is 5.70. The molecule has 0 fully saturated rings. The summed E-state index contributed by atoms with van der Waals surface area (Å²) >= 11 is 11.4. The van der Waals surface area contributed by atoms with Gasteiger partial charge in [0.25, 0.3) is 0 Å². The minimum Gasteiger partial charge on any atom is -0.344 e. The van der Waals surface area contributed by atoms with Crippen molar-refractivity contribution >= 4 is 34.6 Å². The highest BCUT2D eigenvalue weighted by Gasteiger charge is 2.17. The Morgan fingerprint density at radius 2 is 1.75 bits per heavy atom. The molecule has 0 aliphatic carbocycles. The first-order chi connectivity index (χ1) is 9.72. The van der Waals surface area contributed by atoms with Gasteiger partial charge in [-0.25, -0.2) is 0 Å². The normalized spacial score (nSPS) is 13.8. The van der Waals surface area contributed by atoms with Crippen LogP contribution in [-0.4, -0.2) is 16.6 Å². The molecule has 2 aromatic rings. The zero-order chi connectivity index (χ0) is 13.9. The molecule has 3 rings (SSSR count). The van der Waals surface area contributed by atoms with Gasteiger partial charge in [-0.15, -0.1) is 0 Å². The summed E-state index contributed by atoms with van der Waals surface area (Å²) < 4.78 is 0. The lowest BCUT2D eigenvalue weighted by Crippen LogP contribution is -2.38. The van der Waals surface area contributed by atoms with Gasteiger partial charge in [-0.3, -0.25) is 0 Å². The minimum absolute atomic E-state index is 0.730. The number of hydrogen-bond acceptors (Lipinski definition) is 1. The van der Waals surface area contributed by atoms with E-state index in [9.17, 15) is 0 Å². The molecule has 1 heterocycles. The van der Waals surface area contributed by atoms with E-state index in [-0.39, 0.29) is 0 Å². The van der Waals surface area contributed by atoms with E-state index in [4.69, 9.17) is 23.8 Å². The first kappa shape index (κ1) is 13.4. The number of hydrogen-bond donors (Lipinski definition) is 1. The summed E-state index contributed by atoms with van der Waals surface area (Å²) in [6.07, 6.45) is 1.04. The number of thiocarbonyl (C=S) groups is 1. The van der Waals surface area contributed by atoms with Gasteiger partial charge in [-0.05, 0) is 54.0 Å². The smallest absolute Gasteiger partial charge is 0.173 e. The first-order valence-corrected chi connectivity index (χ1v) is 7.39. The van der Waals surface area contributed by atoms with E-state index >= 15 is 0 Å². The minimum atomic E-state index is 0.730. The zero-order valence-corrected chi connectivity index (χ0v) is 12.5. The molecule has 1 aliphatic heterocycles. The van der Waals surface area contributed by atoms with Crippen molar-refractivity contribution in [1.29, 1.82) is 0 Å². The molecule has 0 amide bonds. The predicted molar refractivity (Wildman–Crippen MR) is 88.2 cm³/mol. The molecule has 102 valence electrons. The maximum Gasteiger partial charge on any atom is 0.173 e. The fourth-order valence-corrected chi connectivity index (χ4v) is 2.80. The van der Waals surface area contributed by atoms with E-state index in [0.29, 0.717) is 0 Å². The largest absolute Gasteiger partial charge is 0.344 e. The van der Waals surface area contributed by atoms with Crippen LogP contribution in [0.25, 0.3) is 0 Å². The average Bonchev–Trinajstić information content (AvgIpc) is 2.49. The lowest BCUT2D eigenvalue weighted by Gasteiger charge is -2.31. The van der Waals surface area contributed by atoms with Crippen LogP contribution < -0.4 is 5.32 Å². The Balaban J connectivity index is 1.68. The van der Waals surface area contributed by atoms with Crippen LogP contribution in [0.3, 0.4) is 0 Å². The molecule has 0 bridgehead atoms. The Morgan fingerprint density at radius 3 is 2.50 bits per heavy atom. The lowest BCUT2D eigenvalue weighted by atomic mass is 10.0. The van der Waals surface area contributed by atoms with Crippen LogP contribution in [0, 0.1) is 0 Å². The van der Waals surface area contributed by atoms with Gasteiger partial charge in [0.05, 0.1) is 0 Å². The number of nitrogens with one attached hydrogen (secondary N) is 1. The van der Waals surface area contributed by atoms with E-state index in [1.54, 1.807) is 0 Å². The maximum absolute atomic E-state index is 5.88. The van der Waals surface area contributed by atoms with Gasteiger partial charge in [-0.1, -0.05) is 35.9 Å². The molecule has 0 atom stereocenters. The molecule has 20 heavy (non-hydrogen) atoms. The van der Waals surface area contributed by atoms with Crippen LogP contribution in [0.1, 0.15) is 11.1 Å². The van der Waals surface area contributed by atoms with Crippen molar-refractivity contribution in [3.63, 3.8) is 0 Å². The van der Waals surface area contributed by atoms with E-state index in [0.717, 1.165) is 35.3 Å².